The van der Waals surface area contributed by atoms with Gasteiger partial charge in [0.15, 0.2) is 11.4 Å². The van der Waals surface area contributed by atoms with Crippen molar-refractivity contribution in [3.63, 3.8) is 0 Å². The maximum absolute atomic E-state index is 12.7. The summed E-state index contributed by atoms with van der Waals surface area (Å²) < 4.78 is 17.8. The van der Waals surface area contributed by atoms with Crippen LogP contribution in [-0.4, -0.2) is 26.9 Å². The van der Waals surface area contributed by atoms with Gasteiger partial charge in [-0.3, -0.25) is 0 Å². The largest absolute Gasteiger partial charge is 0.505 e. The number of carbonyl (C=O) groups is 1. The molecule has 3 aromatic rings. The summed E-state index contributed by atoms with van der Waals surface area (Å²) in [4.78, 5) is 17.3. The summed E-state index contributed by atoms with van der Waals surface area (Å²) in [5.41, 5.74) is -0.128. The number of hydrogen-bond donors (Lipinski definition) is 1. The first-order valence-corrected chi connectivity index (χ1v) is 9.52. The fourth-order valence-corrected chi connectivity index (χ4v) is 3.59. The maximum atomic E-state index is 12.7. The molecule has 0 aliphatic carbocycles. The third-order valence-corrected chi connectivity index (χ3v) is 5.32. The van der Waals surface area contributed by atoms with E-state index in [9.17, 15) is 14.1 Å². The summed E-state index contributed by atoms with van der Waals surface area (Å²) in [6.45, 7) is 2.28. The SMILES string of the molecule is CCCCOC(=O)c1ncc2ccc(S(=O)c3ccccc3)cc2c1O. The molecule has 0 aliphatic rings. The third kappa shape index (κ3) is 3.75. The zero-order chi connectivity index (χ0) is 18.5. The maximum Gasteiger partial charge on any atom is 0.360 e. The van der Waals surface area contributed by atoms with E-state index < -0.39 is 16.8 Å². The molecule has 1 unspecified atom stereocenters. The van der Waals surface area contributed by atoms with Crippen molar-refractivity contribution in [1.29, 1.82) is 0 Å². The molecule has 134 valence electrons. The molecule has 0 saturated carbocycles. The van der Waals surface area contributed by atoms with Gasteiger partial charge in [0.2, 0.25) is 0 Å². The van der Waals surface area contributed by atoms with Crippen LogP contribution < -0.4 is 0 Å². The van der Waals surface area contributed by atoms with Crippen LogP contribution in [0.3, 0.4) is 0 Å². The second-order valence-corrected chi connectivity index (χ2v) is 7.26. The van der Waals surface area contributed by atoms with E-state index in [1.165, 1.54) is 6.20 Å². The molecule has 6 heteroatoms. The van der Waals surface area contributed by atoms with E-state index in [0.717, 1.165) is 12.8 Å². The number of hydrogen-bond acceptors (Lipinski definition) is 5. The Morgan fingerprint density at radius 1 is 1.15 bits per heavy atom. The van der Waals surface area contributed by atoms with Gasteiger partial charge in [0.1, 0.15) is 0 Å². The Kier molecular flexibility index (Phi) is 5.63. The van der Waals surface area contributed by atoms with E-state index in [1.807, 2.05) is 25.1 Å². The van der Waals surface area contributed by atoms with Gasteiger partial charge in [-0.05, 0) is 30.7 Å². The second kappa shape index (κ2) is 8.10. The predicted octanol–water partition coefficient (Wildman–Crippen LogP) is 4.06. The van der Waals surface area contributed by atoms with Crippen LogP contribution in [0.4, 0.5) is 0 Å². The number of carbonyl (C=O) groups excluding carboxylic acids is 1. The number of aromatic nitrogens is 1. The van der Waals surface area contributed by atoms with Gasteiger partial charge in [0.05, 0.1) is 17.4 Å². The van der Waals surface area contributed by atoms with Crippen molar-refractivity contribution in [3.05, 3.63) is 60.4 Å². The first kappa shape index (κ1) is 18.1. The summed E-state index contributed by atoms with van der Waals surface area (Å²) in [7, 11) is -1.38. The van der Waals surface area contributed by atoms with E-state index in [2.05, 4.69) is 4.98 Å². The molecule has 0 bridgehead atoms. The van der Waals surface area contributed by atoms with Crippen molar-refractivity contribution in [2.45, 2.75) is 29.6 Å². The molecular formula is C20H19NO4S. The van der Waals surface area contributed by atoms with Crippen molar-refractivity contribution < 1.29 is 18.8 Å². The van der Waals surface area contributed by atoms with Gasteiger partial charge < -0.3 is 9.84 Å². The van der Waals surface area contributed by atoms with Gasteiger partial charge in [0, 0.05) is 26.8 Å². The number of benzene rings is 2. The Labute approximate surface area is 154 Å². The second-order valence-electron chi connectivity index (χ2n) is 5.78. The first-order valence-electron chi connectivity index (χ1n) is 8.37. The van der Waals surface area contributed by atoms with Gasteiger partial charge in [-0.1, -0.05) is 37.6 Å². The lowest BCUT2D eigenvalue weighted by Gasteiger charge is -2.09. The Hall–Kier alpha value is -2.73. The molecule has 0 aliphatic heterocycles. The minimum Gasteiger partial charge on any atom is -0.505 e. The highest BCUT2D eigenvalue weighted by Crippen LogP contribution is 2.30. The molecule has 0 radical (unpaired) electrons. The van der Waals surface area contributed by atoms with Crippen molar-refractivity contribution in [2.75, 3.05) is 6.61 Å². The van der Waals surface area contributed by atoms with Crippen molar-refractivity contribution in [3.8, 4) is 5.75 Å². The quantitative estimate of drug-likeness (QED) is 0.524. The van der Waals surface area contributed by atoms with Crippen LogP contribution in [0.2, 0.25) is 0 Å². The lowest BCUT2D eigenvalue weighted by Crippen LogP contribution is -2.09. The van der Waals surface area contributed by atoms with Crippen LogP contribution in [0.25, 0.3) is 10.8 Å². The van der Waals surface area contributed by atoms with Gasteiger partial charge >= 0.3 is 5.97 Å². The molecule has 0 saturated heterocycles. The number of fused-ring (bicyclic) bond motifs is 1. The van der Waals surface area contributed by atoms with E-state index in [-0.39, 0.29) is 18.1 Å². The molecule has 1 heterocycles. The molecule has 0 fully saturated rings. The minimum atomic E-state index is -1.38. The highest BCUT2D eigenvalue weighted by molar-refractivity contribution is 7.85. The van der Waals surface area contributed by atoms with Gasteiger partial charge in [0.25, 0.3) is 0 Å². The Bertz CT molecular complexity index is 957. The zero-order valence-corrected chi connectivity index (χ0v) is 15.2. The fraction of sp³-hybridized carbons (Fsp3) is 0.200. The van der Waals surface area contributed by atoms with Gasteiger partial charge in [-0.15, -0.1) is 0 Å². The Morgan fingerprint density at radius 2 is 1.92 bits per heavy atom. The predicted molar refractivity (Wildman–Crippen MR) is 99.7 cm³/mol. The first-order chi connectivity index (χ1) is 12.6. The zero-order valence-electron chi connectivity index (χ0n) is 14.3. The third-order valence-electron chi connectivity index (χ3n) is 3.93. The number of nitrogens with zero attached hydrogens (tertiary/aromatic N) is 1. The molecule has 1 atom stereocenters. The van der Waals surface area contributed by atoms with Gasteiger partial charge in [-0.2, -0.15) is 0 Å². The average Bonchev–Trinajstić information content (AvgIpc) is 2.68. The van der Waals surface area contributed by atoms with Crippen LogP contribution in [0.1, 0.15) is 30.3 Å². The molecule has 5 nitrogen and oxygen atoms in total. The van der Waals surface area contributed by atoms with Crippen LogP contribution in [0, 0.1) is 0 Å². The van der Waals surface area contributed by atoms with Crippen LogP contribution in [-0.2, 0) is 15.5 Å². The van der Waals surface area contributed by atoms with Crippen LogP contribution >= 0.6 is 0 Å². The Balaban J connectivity index is 1.96. The normalized spacial score (nSPS) is 12.0. The molecule has 26 heavy (non-hydrogen) atoms. The standard InChI is InChI=1S/C20H19NO4S/c1-2-3-11-25-20(23)18-19(22)17-12-16(10-9-14(17)13-21-18)26(24)15-7-5-4-6-8-15/h4-10,12-13,22H,2-3,11H2,1H3. The summed E-state index contributed by atoms with van der Waals surface area (Å²) in [5.74, 6) is -0.914. The van der Waals surface area contributed by atoms with Crippen molar-refractivity contribution >= 4 is 27.5 Å². The molecular weight excluding hydrogens is 350 g/mol. The number of aromatic hydroxyl groups is 1. The number of ether oxygens (including phenoxy) is 1. The highest BCUT2D eigenvalue weighted by Gasteiger charge is 2.18. The summed E-state index contributed by atoms with van der Waals surface area (Å²) in [6.07, 6.45) is 3.15. The molecule has 1 N–H and O–H groups in total. The van der Waals surface area contributed by atoms with E-state index in [0.29, 0.717) is 20.6 Å². The molecule has 0 amide bonds. The summed E-state index contributed by atoms with van der Waals surface area (Å²) in [5, 5.41) is 11.6. The Morgan fingerprint density at radius 3 is 2.65 bits per heavy atom. The van der Waals surface area contributed by atoms with Crippen LogP contribution in [0.5, 0.6) is 5.75 Å². The average molecular weight is 369 g/mol. The van der Waals surface area contributed by atoms with E-state index in [4.69, 9.17) is 4.74 Å². The lowest BCUT2D eigenvalue weighted by atomic mass is 10.1. The molecule has 1 aromatic heterocycles. The smallest absolute Gasteiger partial charge is 0.360 e. The van der Waals surface area contributed by atoms with Crippen LogP contribution in [0.15, 0.2) is 64.5 Å². The highest BCUT2D eigenvalue weighted by atomic mass is 32.2. The number of unbranched alkanes of at least 4 members (excludes halogenated alkanes) is 1. The number of pyridine rings is 1. The minimum absolute atomic E-state index is 0.128. The van der Waals surface area contributed by atoms with E-state index in [1.54, 1.807) is 30.3 Å². The van der Waals surface area contributed by atoms with Crippen molar-refractivity contribution in [2.24, 2.45) is 0 Å². The number of esters is 1. The summed E-state index contributed by atoms with van der Waals surface area (Å²) >= 11 is 0. The lowest BCUT2D eigenvalue weighted by molar-refractivity contribution is 0.0489. The topological polar surface area (TPSA) is 76.5 Å². The van der Waals surface area contributed by atoms with E-state index >= 15 is 0 Å². The van der Waals surface area contributed by atoms with Gasteiger partial charge in [-0.25, -0.2) is 14.0 Å². The fourth-order valence-electron chi connectivity index (χ4n) is 2.50. The summed E-state index contributed by atoms with van der Waals surface area (Å²) in [6, 6.07) is 14.1. The monoisotopic (exact) mass is 369 g/mol. The molecule has 3 rings (SSSR count). The van der Waals surface area contributed by atoms with Crippen molar-refractivity contribution in [1.82, 2.24) is 4.98 Å². The molecule has 2 aromatic carbocycles. The molecule has 0 spiro atoms. The number of rotatable bonds is 6.